The van der Waals surface area contributed by atoms with Crippen LogP contribution >= 0.6 is 0 Å². The molecule has 3 rings (SSSR count). The normalized spacial score (nSPS) is 12.4. The van der Waals surface area contributed by atoms with E-state index in [9.17, 15) is 19.2 Å². The highest BCUT2D eigenvalue weighted by Gasteiger charge is 2.27. The lowest BCUT2D eigenvalue weighted by Crippen LogP contribution is -2.43. The summed E-state index contributed by atoms with van der Waals surface area (Å²) in [6.45, 7) is 0. The van der Waals surface area contributed by atoms with Crippen molar-refractivity contribution in [3.8, 4) is 11.1 Å². The largest absolute Gasteiger partial charge is 0.481 e. The molecule has 0 aliphatic carbocycles. The number of primary amides is 1. The van der Waals surface area contributed by atoms with Gasteiger partial charge in [-0.05, 0) is 29.5 Å². The number of aromatic nitrogens is 2. The van der Waals surface area contributed by atoms with E-state index in [0.29, 0.717) is 12.1 Å². The molecule has 0 saturated heterocycles. The summed E-state index contributed by atoms with van der Waals surface area (Å²) in [5.41, 5.74) is 9.26. The molecule has 0 saturated carbocycles. The number of hydrogen-bond donors (Lipinski definition) is 4. The highest BCUT2D eigenvalue weighted by atomic mass is 16.4. The van der Waals surface area contributed by atoms with Crippen LogP contribution in [0.1, 0.15) is 36.9 Å². The number of carboxylic acid groups (broad SMARTS) is 1. The molecule has 0 unspecified atom stereocenters. The van der Waals surface area contributed by atoms with Crippen LogP contribution in [0, 0.1) is 5.92 Å². The molecule has 0 aliphatic heterocycles. The number of nitrogens with two attached hydrogens (primary N) is 1. The number of nitrogens with zero attached hydrogens (tertiary/aromatic N) is 1. The fourth-order valence-corrected chi connectivity index (χ4v) is 3.92. The maximum Gasteiger partial charge on any atom is 0.303 e. The number of carboxylic acids is 1. The molecule has 9 heteroatoms. The number of amides is 2. The van der Waals surface area contributed by atoms with Crippen LogP contribution in [0.25, 0.3) is 11.1 Å². The van der Waals surface area contributed by atoms with Crippen molar-refractivity contribution in [1.82, 2.24) is 15.3 Å². The zero-order valence-corrected chi connectivity index (χ0v) is 19.9. The third-order valence-corrected chi connectivity index (χ3v) is 5.94. The molecular weight excluding hydrogens is 460 g/mol. The van der Waals surface area contributed by atoms with Crippen LogP contribution in [0.3, 0.4) is 0 Å². The van der Waals surface area contributed by atoms with Crippen molar-refractivity contribution in [2.24, 2.45) is 11.7 Å². The third kappa shape index (κ3) is 8.19. The Balaban J connectivity index is 1.58. The number of Topliss-reactive ketones (excluding diaryl/α,β-unsaturated/α-hetero) is 1. The maximum absolute atomic E-state index is 12.9. The Morgan fingerprint density at radius 1 is 0.972 bits per heavy atom. The van der Waals surface area contributed by atoms with Crippen molar-refractivity contribution in [2.75, 3.05) is 0 Å². The number of nitrogens with one attached hydrogen (secondary N) is 2. The molecule has 2 amide bonds. The molecule has 1 aromatic heterocycles. The average Bonchev–Trinajstić information content (AvgIpc) is 3.38. The van der Waals surface area contributed by atoms with Gasteiger partial charge in [-0.3, -0.25) is 19.2 Å². The summed E-state index contributed by atoms with van der Waals surface area (Å²) in [4.78, 5) is 55.3. The number of hydrogen-bond acceptors (Lipinski definition) is 5. The van der Waals surface area contributed by atoms with E-state index in [1.165, 1.54) is 12.5 Å². The van der Waals surface area contributed by atoms with E-state index in [0.717, 1.165) is 16.7 Å². The lowest BCUT2D eigenvalue weighted by Gasteiger charge is -2.20. The predicted molar refractivity (Wildman–Crippen MR) is 134 cm³/mol. The standard InChI is InChI=1S/C27H30N4O5/c28-27(36)21(14-22-16-29-17-30-22)15-24(32)23(11-13-26(34)35)31-25(33)12-8-18-6-9-20(10-7-18)19-4-2-1-3-5-19/h1-7,9-10,16-17,21,23H,8,11-15H2,(H2,28,36)(H,29,30)(H,31,33)(H,34,35)/t21-,23+/m1/s1. The maximum atomic E-state index is 12.9. The average molecular weight is 491 g/mol. The van der Waals surface area contributed by atoms with Crippen LogP contribution in [-0.4, -0.2) is 44.7 Å². The van der Waals surface area contributed by atoms with Gasteiger partial charge in [0.2, 0.25) is 11.8 Å². The molecule has 188 valence electrons. The first kappa shape index (κ1) is 26.3. The zero-order chi connectivity index (χ0) is 25.9. The Kier molecular flexibility index (Phi) is 9.50. The number of imidazole rings is 1. The number of aryl methyl sites for hydroxylation is 1. The van der Waals surface area contributed by atoms with E-state index in [4.69, 9.17) is 10.8 Å². The van der Waals surface area contributed by atoms with E-state index in [-0.39, 0.29) is 38.0 Å². The minimum Gasteiger partial charge on any atom is -0.481 e. The highest BCUT2D eigenvalue weighted by Crippen LogP contribution is 2.20. The Morgan fingerprint density at radius 2 is 1.67 bits per heavy atom. The van der Waals surface area contributed by atoms with Gasteiger partial charge in [-0.15, -0.1) is 0 Å². The van der Waals surface area contributed by atoms with Crippen LogP contribution in [0.4, 0.5) is 0 Å². The second-order valence-electron chi connectivity index (χ2n) is 8.67. The molecule has 0 spiro atoms. The molecule has 1 heterocycles. The quantitative estimate of drug-likeness (QED) is 0.272. The van der Waals surface area contributed by atoms with Crippen LogP contribution in [0.5, 0.6) is 0 Å². The number of benzene rings is 2. The van der Waals surface area contributed by atoms with Crippen molar-refractivity contribution in [2.45, 2.75) is 44.6 Å². The molecular formula is C27H30N4O5. The topological polar surface area (TPSA) is 155 Å². The molecule has 9 nitrogen and oxygen atoms in total. The Labute approximate surface area is 209 Å². The number of rotatable bonds is 14. The lowest BCUT2D eigenvalue weighted by molar-refractivity contribution is -0.138. The second kappa shape index (κ2) is 13.0. The van der Waals surface area contributed by atoms with Gasteiger partial charge in [-0.1, -0.05) is 54.6 Å². The Morgan fingerprint density at radius 3 is 2.28 bits per heavy atom. The van der Waals surface area contributed by atoms with Crippen molar-refractivity contribution in [3.63, 3.8) is 0 Å². The van der Waals surface area contributed by atoms with Gasteiger partial charge in [0.1, 0.15) is 0 Å². The van der Waals surface area contributed by atoms with E-state index >= 15 is 0 Å². The van der Waals surface area contributed by atoms with Gasteiger partial charge in [0.15, 0.2) is 5.78 Å². The van der Waals surface area contributed by atoms with Gasteiger partial charge in [0.25, 0.3) is 0 Å². The third-order valence-electron chi connectivity index (χ3n) is 5.94. The van der Waals surface area contributed by atoms with Gasteiger partial charge in [0, 0.05) is 37.6 Å². The van der Waals surface area contributed by atoms with Gasteiger partial charge >= 0.3 is 5.97 Å². The molecule has 2 atom stereocenters. The second-order valence-corrected chi connectivity index (χ2v) is 8.67. The predicted octanol–water partition coefficient (Wildman–Crippen LogP) is 2.66. The van der Waals surface area contributed by atoms with Gasteiger partial charge in [0.05, 0.1) is 18.3 Å². The molecule has 0 fully saturated rings. The van der Waals surface area contributed by atoms with Crippen LogP contribution in [0.15, 0.2) is 67.1 Å². The van der Waals surface area contributed by atoms with Crippen molar-refractivity contribution < 1.29 is 24.3 Å². The molecule has 0 bridgehead atoms. The molecule has 36 heavy (non-hydrogen) atoms. The van der Waals surface area contributed by atoms with E-state index in [2.05, 4.69) is 15.3 Å². The number of carbonyl (C=O) groups excluding carboxylic acids is 3. The van der Waals surface area contributed by atoms with Gasteiger partial charge in [-0.25, -0.2) is 4.98 Å². The molecule has 0 aliphatic rings. The molecule has 5 N–H and O–H groups in total. The Hall–Kier alpha value is -4.27. The van der Waals surface area contributed by atoms with E-state index < -0.39 is 29.6 Å². The first-order valence-electron chi connectivity index (χ1n) is 11.8. The van der Waals surface area contributed by atoms with Crippen LogP contribution < -0.4 is 11.1 Å². The summed E-state index contributed by atoms with van der Waals surface area (Å²) in [6, 6.07) is 16.8. The van der Waals surface area contributed by atoms with Crippen molar-refractivity contribution in [1.29, 1.82) is 0 Å². The van der Waals surface area contributed by atoms with Crippen molar-refractivity contribution in [3.05, 3.63) is 78.4 Å². The van der Waals surface area contributed by atoms with E-state index in [1.54, 1.807) is 0 Å². The minimum atomic E-state index is -1.08. The summed E-state index contributed by atoms with van der Waals surface area (Å²) in [6.07, 6.45) is 3.22. The molecule has 0 radical (unpaired) electrons. The first-order valence-corrected chi connectivity index (χ1v) is 11.8. The number of H-pyrrole nitrogens is 1. The van der Waals surface area contributed by atoms with E-state index in [1.807, 2.05) is 54.6 Å². The minimum absolute atomic E-state index is 0.0682. The van der Waals surface area contributed by atoms with Crippen LogP contribution in [0.2, 0.25) is 0 Å². The lowest BCUT2D eigenvalue weighted by atomic mass is 9.92. The highest BCUT2D eigenvalue weighted by molar-refractivity contribution is 5.92. The van der Waals surface area contributed by atoms with Gasteiger partial charge < -0.3 is 21.1 Å². The number of ketones is 1. The Bertz CT molecular complexity index is 1160. The number of aliphatic carboxylic acids is 1. The van der Waals surface area contributed by atoms with Gasteiger partial charge in [-0.2, -0.15) is 0 Å². The van der Waals surface area contributed by atoms with Crippen LogP contribution in [-0.2, 0) is 32.0 Å². The summed E-state index contributed by atoms with van der Waals surface area (Å²) < 4.78 is 0. The smallest absolute Gasteiger partial charge is 0.303 e. The fraction of sp³-hybridized carbons (Fsp3) is 0.296. The summed E-state index contributed by atoms with van der Waals surface area (Å²) in [7, 11) is 0. The SMILES string of the molecule is NC(=O)[C@@H](CC(=O)[C@H](CCC(=O)O)NC(=O)CCc1ccc(-c2ccccc2)cc1)Cc1cnc[nH]1. The first-order chi connectivity index (χ1) is 17.3. The molecule has 3 aromatic rings. The monoisotopic (exact) mass is 490 g/mol. The number of carbonyl (C=O) groups is 4. The molecule has 2 aromatic carbocycles. The summed E-state index contributed by atoms with van der Waals surface area (Å²) in [5.74, 6) is -3.33. The van der Waals surface area contributed by atoms with Crippen molar-refractivity contribution >= 4 is 23.6 Å². The number of aromatic amines is 1. The summed E-state index contributed by atoms with van der Waals surface area (Å²) >= 11 is 0. The fourth-order valence-electron chi connectivity index (χ4n) is 3.92. The summed E-state index contributed by atoms with van der Waals surface area (Å²) in [5, 5.41) is 11.7. The zero-order valence-electron chi connectivity index (χ0n) is 19.9.